The molecule has 0 spiro atoms. The van der Waals surface area contributed by atoms with Gasteiger partial charge in [0.2, 0.25) is 5.91 Å². The molecule has 0 aromatic carbocycles. The van der Waals surface area contributed by atoms with E-state index in [9.17, 15) is 9.59 Å². The summed E-state index contributed by atoms with van der Waals surface area (Å²) in [6.45, 7) is 0.403. The van der Waals surface area contributed by atoms with Crippen molar-refractivity contribution in [3.63, 3.8) is 0 Å². The molecular formula is C6H10N4O2S. The SMILES string of the molecule is NC(=O)CCCn1c(=O)[nH][nH]c1=S. The number of carbonyl (C=O) groups excluding carboxylic acids is 1. The quantitative estimate of drug-likeness (QED) is 0.574. The summed E-state index contributed by atoms with van der Waals surface area (Å²) < 4.78 is 1.67. The topological polar surface area (TPSA) is 96.7 Å². The number of rotatable bonds is 4. The zero-order valence-corrected chi connectivity index (χ0v) is 7.69. The number of nitrogens with two attached hydrogens (primary N) is 1. The molecule has 0 saturated heterocycles. The predicted octanol–water partition coefficient (Wildman–Crippen LogP) is -0.501. The van der Waals surface area contributed by atoms with E-state index in [0.717, 1.165) is 0 Å². The van der Waals surface area contributed by atoms with Gasteiger partial charge in [-0.05, 0) is 18.6 Å². The molecule has 0 radical (unpaired) electrons. The van der Waals surface area contributed by atoms with Gasteiger partial charge in [0.25, 0.3) is 0 Å². The zero-order chi connectivity index (χ0) is 9.84. The number of H-pyrrole nitrogens is 2. The lowest BCUT2D eigenvalue weighted by Gasteiger charge is -1.97. The highest BCUT2D eigenvalue weighted by atomic mass is 32.1. The molecule has 0 atom stereocenters. The molecule has 1 heterocycles. The maximum absolute atomic E-state index is 11.0. The van der Waals surface area contributed by atoms with Crippen LogP contribution >= 0.6 is 12.2 Å². The Hall–Kier alpha value is -1.37. The maximum atomic E-state index is 11.0. The molecule has 0 saturated carbocycles. The Morgan fingerprint density at radius 3 is 2.69 bits per heavy atom. The molecule has 1 aromatic heterocycles. The average molecular weight is 202 g/mol. The second-order valence-corrected chi connectivity index (χ2v) is 2.97. The van der Waals surface area contributed by atoms with Gasteiger partial charge in [-0.25, -0.2) is 9.89 Å². The third-order valence-corrected chi connectivity index (χ3v) is 1.89. The summed E-state index contributed by atoms with van der Waals surface area (Å²) in [7, 11) is 0. The van der Waals surface area contributed by atoms with Gasteiger partial charge in [0.05, 0.1) is 0 Å². The van der Waals surface area contributed by atoms with E-state index in [1.54, 1.807) is 0 Å². The number of hydrogen-bond donors (Lipinski definition) is 3. The van der Waals surface area contributed by atoms with Gasteiger partial charge in [0.1, 0.15) is 0 Å². The molecule has 6 nitrogen and oxygen atoms in total. The standard InChI is InChI=1S/C6H10N4O2S/c7-4(11)2-1-3-10-5(12)8-9-6(10)13/h1-3H2,(H2,7,11)(H,8,12)(H,9,13). The Labute approximate surface area is 78.7 Å². The summed E-state index contributed by atoms with van der Waals surface area (Å²) in [4.78, 5) is 21.4. The lowest BCUT2D eigenvalue weighted by Crippen LogP contribution is -2.18. The van der Waals surface area contributed by atoms with Crippen LogP contribution in [0, 0.1) is 4.77 Å². The van der Waals surface area contributed by atoms with Crippen molar-refractivity contribution in [2.75, 3.05) is 0 Å². The molecule has 13 heavy (non-hydrogen) atoms. The molecule has 1 rings (SSSR count). The minimum Gasteiger partial charge on any atom is -0.370 e. The molecule has 7 heteroatoms. The molecule has 0 fully saturated rings. The van der Waals surface area contributed by atoms with Gasteiger partial charge in [0, 0.05) is 13.0 Å². The van der Waals surface area contributed by atoms with Crippen LogP contribution in [-0.2, 0) is 11.3 Å². The van der Waals surface area contributed by atoms with Crippen molar-refractivity contribution < 1.29 is 4.79 Å². The smallest absolute Gasteiger partial charge is 0.342 e. The number of nitrogens with one attached hydrogen (secondary N) is 2. The van der Waals surface area contributed by atoms with Crippen LogP contribution in [0.4, 0.5) is 0 Å². The second-order valence-electron chi connectivity index (χ2n) is 2.58. The number of aromatic amines is 2. The monoisotopic (exact) mass is 202 g/mol. The van der Waals surface area contributed by atoms with E-state index in [4.69, 9.17) is 18.0 Å². The van der Waals surface area contributed by atoms with Crippen molar-refractivity contribution in [2.24, 2.45) is 5.73 Å². The highest BCUT2D eigenvalue weighted by Crippen LogP contribution is 1.91. The number of hydrogen-bond acceptors (Lipinski definition) is 3. The first-order chi connectivity index (χ1) is 6.11. The number of primary amides is 1. The summed E-state index contributed by atoms with van der Waals surface area (Å²) in [6.07, 6.45) is 0.775. The second kappa shape index (κ2) is 4.04. The third-order valence-electron chi connectivity index (χ3n) is 1.57. The van der Waals surface area contributed by atoms with E-state index >= 15 is 0 Å². The first-order valence-electron chi connectivity index (χ1n) is 3.77. The summed E-state index contributed by atoms with van der Waals surface area (Å²) in [5.41, 5.74) is 4.64. The molecule has 0 bridgehead atoms. The molecule has 0 aliphatic carbocycles. The predicted molar refractivity (Wildman–Crippen MR) is 48.7 cm³/mol. The summed E-state index contributed by atoms with van der Waals surface area (Å²) >= 11 is 4.81. The van der Waals surface area contributed by atoms with Crippen LogP contribution < -0.4 is 11.4 Å². The number of amides is 1. The number of aromatic nitrogens is 3. The highest BCUT2D eigenvalue weighted by molar-refractivity contribution is 7.71. The lowest BCUT2D eigenvalue weighted by molar-refractivity contribution is -0.118. The Kier molecular flexibility index (Phi) is 3.02. The lowest BCUT2D eigenvalue weighted by atomic mass is 10.3. The van der Waals surface area contributed by atoms with Crippen LogP contribution in [0.25, 0.3) is 0 Å². The molecular weight excluding hydrogens is 192 g/mol. The molecule has 1 aromatic rings. The summed E-state index contributed by atoms with van der Waals surface area (Å²) in [6, 6.07) is 0. The van der Waals surface area contributed by atoms with Gasteiger partial charge in [0.15, 0.2) is 4.77 Å². The van der Waals surface area contributed by atoms with Gasteiger partial charge < -0.3 is 5.73 Å². The Bertz CT molecular complexity index is 374. The van der Waals surface area contributed by atoms with Gasteiger partial charge in [-0.2, -0.15) is 0 Å². The first-order valence-corrected chi connectivity index (χ1v) is 4.18. The molecule has 0 aliphatic rings. The van der Waals surface area contributed by atoms with E-state index in [1.165, 1.54) is 4.57 Å². The Morgan fingerprint density at radius 1 is 1.54 bits per heavy atom. The summed E-state index contributed by atoms with van der Waals surface area (Å²) in [5.74, 6) is -0.376. The van der Waals surface area contributed by atoms with Crippen LogP contribution in [0.3, 0.4) is 0 Å². The van der Waals surface area contributed by atoms with Crippen molar-refractivity contribution in [3.05, 3.63) is 15.3 Å². The minimum absolute atomic E-state index is 0.256. The van der Waals surface area contributed by atoms with E-state index in [0.29, 0.717) is 17.7 Å². The fraction of sp³-hybridized carbons (Fsp3) is 0.500. The van der Waals surface area contributed by atoms with Crippen LogP contribution in [0.15, 0.2) is 4.79 Å². The number of nitrogens with zero attached hydrogens (tertiary/aromatic N) is 1. The molecule has 4 N–H and O–H groups in total. The fourth-order valence-electron chi connectivity index (χ4n) is 0.949. The normalized spacial score (nSPS) is 10.2. The zero-order valence-electron chi connectivity index (χ0n) is 6.87. The Balaban J connectivity index is 2.60. The van der Waals surface area contributed by atoms with E-state index < -0.39 is 0 Å². The average Bonchev–Trinajstić information content (AvgIpc) is 2.34. The van der Waals surface area contributed by atoms with Crippen LogP contribution in [0.5, 0.6) is 0 Å². The van der Waals surface area contributed by atoms with Crippen LogP contribution in [-0.4, -0.2) is 20.7 Å². The van der Waals surface area contributed by atoms with E-state index in [2.05, 4.69) is 10.2 Å². The molecule has 0 aliphatic heterocycles. The largest absolute Gasteiger partial charge is 0.370 e. The molecule has 72 valence electrons. The van der Waals surface area contributed by atoms with Crippen molar-refractivity contribution in [1.29, 1.82) is 0 Å². The van der Waals surface area contributed by atoms with Gasteiger partial charge >= 0.3 is 5.69 Å². The van der Waals surface area contributed by atoms with Crippen LogP contribution in [0.2, 0.25) is 0 Å². The first kappa shape index (κ1) is 9.72. The van der Waals surface area contributed by atoms with Gasteiger partial charge in [-0.3, -0.25) is 14.5 Å². The summed E-state index contributed by atoms with van der Waals surface area (Å²) in [5, 5.41) is 4.84. The van der Waals surface area contributed by atoms with Crippen LogP contribution in [0.1, 0.15) is 12.8 Å². The molecule has 1 amide bonds. The van der Waals surface area contributed by atoms with Gasteiger partial charge in [-0.15, -0.1) is 0 Å². The van der Waals surface area contributed by atoms with Crippen molar-refractivity contribution in [1.82, 2.24) is 14.8 Å². The van der Waals surface area contributed by atoms with E-state index in [1.807, 2.05) is 0 Å². The fourth-order valence-corrected chi connectivity index (χ4v) is 1.17. The minimum atomic E-state index is -0.376. The van der Waals surface area contributed by atoms with Crippen molar-refractivity contribution >= 4 is 18.1 Å². The van der Waals surface area contributed by atoms with E-state index in [-0.39, 0.29) is 18.0 Å². The molecule has 0 unspecified atom stereocenters. The highest BCUT2D eigenvalue weighted by Gasteiger charge is 2.00. The number of carbonyl (C=O) groups is 1. The van der Waals surface area contributed by atoms with Gasteiger partial charge in [-0.1, -0.05) is 0 Å². The van der Waals surface area contributed by atoms with Crippen molar-refractivity contribution in [3.8, 4) is 0 Å². The third kappa shape index (κ3) is 2.55. The maximum Gasteiger partial charge on any atom is 0.342 e. The Morgan fingerprint density at radius 2 is 2.23 bits per heavy atom. The van der Waals surface area contributed by atoms with Crippen molar-refractivity contribution in [2.45, 2.75) is 19.4 Å².